The second-order valence-corrected chi connectivity index (χ2v) is 6.31. The molecular formula is C14H22IN3O. The fourth-order valence-corrected chi connectivity index (χ4v) is 2.37. The van der Waals surface area contributed by atoms with Gasteiger partial charge in [0.15, 0.2) is 0 Å². The lowest BCUT2D eigenvalue weighted by molar-refractivity contribution is -0.125. The molecule has 0 aromatic rings. The summed E-state index contributed by atoms with van der Waals surface area (Å²) in [6, 6.07) is 0.145. The van der Waals surface area contributed by atoms with Crippen molar-refractivity contribution < 1.29 is 4.79 Å². The highest BCUT2D eigenvalue weighted by Crippen LogP contribution is 2.23. The third-order valence-electron chi connectivity index (χ3n) is 3.25. The Morgan fingerprint density at radius 2 is 2.16 bits per heavy atom. The number of rotatable bonds is 4. The minimum atomic E-state index is -0.00161. The van der Waals surface area contributed by atoms with Crippen LogP contribution in [0.3, 0.4) is 0 Å². The monoisotopic (exact) mass is 375 g/mol. The standard InChI is InChI=1S/C14H22IN3O/c1-9(2)12(15)8-13(17-3)18-14(19)10-5-4-6-11(16)7-10/h8,10-11H,3-7,16H2,1-2H3,(H,18,19)/b13-8+/t10-,11+/m0/s1. The van der Waals surface area contributed by atoms with Gasteiger partial charge in [0.25, 0.3) is 0 Å². The molecule has 0 aromatic heterocycles. The molecule has 1 saturated carbocycles. The summed E-state index contributed by atoms with van der Waals surface area (Å²) in [4.78, 5) is 16.0. The highest BCUT2D eigenvalue weighted by atomic mass is 127. The Labute approximate surface area is 128 Å². The van der Waals surface area contributed by atoms with E-state index in [0.29, 0.717) is 5.82 Å². The number of carbonyl (C=O) groups is 1. The highest BCUT2D eigenvalue weighted by Gasteiger charge is 2.25. The van der Waals surface area contributed by atoms with E-state index in [1.165, 1.54) is 5.57 Å². The number of allylic oxidation sites excluding steroid dienone is 3. The average molecular weight is 375 g/mol. The van der Waals surface area contributed by atoms with E-state index in [-0.39, 0.29) is 17.9 Å². The van der Waals surface area contributed by atoms with Gasteiger partial charge < -0.3 is 11.1 Å². The largest absolute Gasteiger partial charge is 0.328 e. The van der Waals surface area contributed by atoms with Crippen LogP contribution in [0.15, 0.2) is 26.0 Å². The molecule has 19 heavy (non-hydrogen) atoms. The fourth-order valence-electron chi connectivity index (χ4n) is 2.08. The molecule has 1 rings (SSSR count). The van der Waals surface area contributed by atoms with Gasteiger partial charge in [0.05, 0.1) is 0 Å². The van der Waals surface area contributed by atoms with Crippen molar-refractivity contribution in [3.05, 3.63) is 21.0 Å². The molecule has 0 heterocycles. The van der Waals surface area contributed by atoms with Crippen molar-refractivity contribution in [2.24, 2.45) is 16.6 Å². The molecule has 1 aliphatic rings. The smallest absolute Gasteiger partial charge is 0.228 e. The summed E-state index contributed by atoms with van der Waals surface area (Å²) in [5.74, 6) is 0.514. The normalized spacial score (nSPS) is 23.7. The molecule has 1 amide bonds. The minimum Gasteiger partial charge on any atom is -0.328 e. The van der Waals surface area contributed by atoms with Crippen molar-refractivity contribution in [3.8, 4) is 0 Å². The molecule has 4 nitrogen and oxygen atoms in total. The van der Waals surface area contributed by atoms with Crippen LogP contribution in [0.1, 0.15) is 39.5 Å². The Balaban J connectivity index is 2.68. The molecule has 0 radical (unpaired) electrons. The molecule has 106 valence electrons. The summed E-state index contributed by atoms with van der Waals surface area (Å²) in [6.45, 7) is 7.53. The topological polar surface area (TPSA) is 67.5 Å². The van der Waals surface area contributed by atoms with Gasteiger partial charge in [0, 0.05) is 15.5 Å². The third-order valence-corrected chi connectivity index (χ3v) is 4.64. The van der Waals surface area contributed by atoms with Crippen molar-refractivity contribution in [2.75, 3.05) is 0 Å². The van der Waals surface area contributed by atoms with Crippen molar-refractivity contribution in [3.63, 3.8) is 0 Å². The number of amides is 1. The first-order valence-corrected chi connectivity index (χ1v) is 7.59. The summed E-state index contributed by atoms with van der Waals surface area (Å²) in [7, 11) is 0. The number of carbonyl (C=O) groups excluding carboxylic acids is 1. The maximum absolute atomic E-state index is 12.2. The first-order chi connectivity index (χ1) is 8.93. The Kier molecular flexibility index (Phi) is 6.71. The molecule has 2 atom stereocenters. The summed E-state index contributed by atoms with van der Waals surface area (Å²) < 4.78 is 1.06. The number of nitrogens with two attached hydrogens (primary N) is 1. The average Bonchev–Trinajstić information content (AvgIpc) is 2.37. The van der Waals surface area contributed by atoms with Crippen LogP contribution in [0.5, 0.6) is 0 Å². The van der Waals surface area contributed by atoms with Gasteiger partial charge >= 0.3 is 0 Å². The first-order valence-electron chi connectivity index (χ1n) is 6.52. The lowest BCUT2D eigenvalue weighted by Gasteiger charge is -2.25. The van der Waals surface area contributed by atoms with Crippen molar-refractivity contribution in [1.29, 1.82) is 0 Å². The maximum atomic E-state index is 12.2. The first kappa shape index (κ1) is 16.4. The van der Waals surface area contributed by atoms with E-state index >= 15 is 0 Å². The molecule has 1 aliphatic carbocycles. The van der Waals surface area contributed by atoms with Crippen LogP contribution < -0.4 is 11.1 Å². The van der Waals surface area contributed by atoms with Gasteiger partial charge in [-0.3, -0.25) is 4.79 Å². The van der Waals surface area contributed by atoms with Crippen LogP contribution in [-0.4, -0.2) is 18.7 Å². The van der Waals surface area contributed by atoms with Crippen LogP contribution >= 0.6 is 22.6 Å². The van der Waals surface area contributed by atoms with Gasteiger partial charge in [-0.2, -0.15) is 0 Å². The van der Waals surface area contributed by atoms with E-state index in [1.54, 1.807) is 0 Å². The summed E-state index contributed by atoms with van der Waals surface area (Å²) in [5, 5.41) is 2.84. The lowest BCUT2D eigenvalue weighted by atomic mass is 9.85. The number of nitrogens with one attached hydrogen (secondary N) is 1. The Hall–Kier alpha value is -0.690. The van der Waals surface area contributed by atoms with E-state index < -0.39 is 0 Å². The fraction of sp³-hybridized carbons (Fsp3) is 0.571. The molecule has 3 N–H and O–H groups in total. The van der Waals surface area contributed by atoms with Crippen LogP contribution in [0.25, 0.3) is 0 Å². The molecule has 0 spiro atoms. The predicted octanol–water partition coefficient (Wildman–Crippen LogP) is 2.89. The molecule has 0 aliphatic heterocycles. The quantitative estimate of drug-likeness (QED) is 0.451. The van der Waals surface area contributed by atoms with Crippen LogP contribution in [0, 0.1) is 5.92 Å². The molecule has 0 unspecified atom stereocenters. The van der Waals surface area contributed by atoms with Crippen molar-refractivity contribution in [1.82, 2.24) is 5.32 Å². The zero-order valence-corrected chi connectivity index (χ0v) is 13.7. The minimum absolute atomic E-state index is 0.00161. The predicted molar refractivity (Wildman–Crippen MR) is 88.1 cm³/mol. The van der Waals surface area contributed by atoms with Crippen molar-refractivity contribution in [2.45, 2.75) is 45.6 Å². The molecule has 0 bridgehead atoms. The van der Waals surface area contributed by atoms with Crippen molar-refractivity contribution >= 4 is 35.2 Å². The van der Waals surface area contributed by atoms with Gasteiger partial charge in [-0.05, 0) is 68.5 Å². The van der Waals surface area contributed by atoms with Crippen LogP contribution in [0.2, 0.25) is 0 Å². The second-order valence-electron chi connectivity index (χ2n) is 5.15. The highest BCUT2D eigenvalue weighted by molar-refractivity contribution is 14.1. The van der Waals surface area contributed by atoms with Gasteiger partial charge in [0.1, 0.15) is 5.82 Å². The number of hydrogen-bond donors (Lipinski definition) is 2. The van der Waals surface area contributed by atoms with Gasteiger partial charge in [0.2, 0.25) is 5.91 Å². The van der Waals surface area contributed by atoms with E-state index in [0.717, 1.165) is 29.3 Å². The summed E-state index contributed by atoms with van der Waals surface area (Å²) >= 11 is 2.22. The Morgan fingerprint density at radius 3 is 2.68 bits per heavy atom. The number of hydrogen-bond acceptors (Lipinski definition) is 3. The molecule has 0 aromatic carbocycles. The number of halogens is 1. The van der Waals surface area contributed by atoms with E-state index in [4.69, 9.17) is 5.73 Å². The van der Waals surface area contributed by atoms with Crippen LogP contribution in [-0.2, 0) is 4.79 Å². The Morgan fingerprint density at radius 1 is 1.47 bits per heavy atom. The van der Waals surface area contributed by atoms with Crippen LogP contribution in [0.4, 0.5) is 0 Å². The summed E-state index contributed by atoms with van der Waals surface area (Å²) in [5.41, 5.74) is 7.08. The van der Waals surface area contributed by atoms with Gasteiger partial charge in [-0.1, -0.05) is 12.0 Å². The third kappa shape index (κ3) is 5.44. The number of aliphatic imine (C=N–C) groups is 1. The zero-order chi connectivity index (χ0) is 14.4. The molecule has 5 heteroatoms. The summed E-state index contributed by atoms with van der Waals surface area (Å²) in [6.07, 6.45) is 5.54. The SMILES string of the molecule is C=N/C(=C\C(I)=C(C)C)NC(=O)[C@H]1CCC[C@@H](N)C1. The molecule has 0 saturated heterocycles. The van der Waals surface area contributed by atoms with Gasteiger partial charge in [-0.25, -0.2) is 4.99 Å². The zero-order valence-electron chi connectivity index (χ0n) is 11.6. The second kappa shape index (κ2) is 7.79. The lowest BCUT2D eigenvalue weighted by Crippen LogP contribution is -2.37. The van der Waals surface area contributed by atoms with E-state index in [9.17, 15) is 4.79 Å². The van der Waals surface area contributed by atoms with E-state index in [2.05, 4.69) is 39.6 Å². The maximum Gasteiger partial charge on any atom is 0.228 e. The molecule has 1 fully saturated rings. The van der Waals surface area contributed by atoms with E-state index in [1.807, 2.05) is 19.9 Å². The Bertz CT molecular complexity index is 411. The number of nitrogens with zero attached hydrogens (tertiary/aromatic N) is 1. The molecular weight excluding hydrogens is 353 g/mol. The van der Waals surface area contributed by atoms with Gasteiger partial charge in [-0.15, -0.1) is 0 Å².